The summed E-state index contributed by atoms with van der Waals surface area (Å²) in [5, 5.41) is 9.59. The van der Waals surface area contributed by atoms with Gasteiger partial charge in [0.1, 0.15) is 15.8 Å². The highest BCUT2D eigenvalue weighted by Gasteiger charge is 2.24. The van der Waals surface area contributed by atoms with Crippen molar-refractivity contribution in [3.8, 4) is 5.75 Å². The van der Waals surface area contributed by atoms with Crippen LogP contribution in [-0.2, 0) is 16.6 Å². The SMILES string of the molecule is NS(=O)(=O)c1cc(CN(Oc2ccc3c(Cl)nccc3c2)C2CCCCC2)ccc1Cl. The van der Waals surface area contributed by atoms with E-state index < -0.39 is 10.0 Å². The Hall–Kier alpha value is -1.90. The second-order valence-corrected chi connectivity index (χ2v) is 10.0. The first-order valence-electron chi connectivity index (χ1n) is 10.1. The molecule has 0 saturated heterocycles. The molecule has 3 aromatic rings. The first-order chi connectivity index (χ1) is 14.8. The average Bonchev–Trinajstić information content (AvgIpc) is 2.74. The lowest BCUT2D eigenvalue weighted by atomic mass is 9.95. The van der Waals surface area contributed by atoms with E-state index in [1.165, 1.54) is 12.5 Å². The van der Waals surface area contributed by atoms with Gasteiger partial charge < -0.3 is 4.84 Å². The normalized spacial score (nSPS) is 15.5. The lowest BCUT2D eigenvalue weighted by Crippen LogP contribution is -2.39. The first kappa shape index (κ1) is 22.3. The van der Waals surface area contributed by atoms with Crippen LogP contribution in [0.5, 0.6) is 5.75 Å². The molecule has 1 saturated carbocycles. The zero-order chi connectivity index (χ0) is 22.0. The number of rotatable bonds is 6. The molecule has 1 aliphatic carbocycles. The smallest absolute Gasteiger partial charge is 0.239 e. The fourth-order valence-electron chi connectivity index (χ4n) is 3.96. The summed E-state index contributed by atoms with van der Waals surface area (Å²) < 4.78 is 23.7. The standard InChI is InChI=1S/C22H23Cl2N3O3S/c23-20-9-6-15(12-21(20)31(25,28)29)14-27(17-4-2-1-3-5-17)30-18-7-8-19-16(13-18)10-11-26-22(19)24/h6-13,17H,1-5,14H2,(H2,25,28,29). The van der Waals surface area contributed by atoms with Gasteiger partial charge in [-0.3, -0.25) is 0 Å². The molecule has 2 N–H and O–H groups in total. The first-order valence-corrected chi connectivity index (χ1v) is 12.4. The Morgan fingerprint density at radius 2 is 1.84 bits per heavy atom. The Balaban J connectivity index is 1.64. The van der Waals surface area contributed by atoms with Gasteiger partial charge in [0.25, 0.3) is 0 Å². The van der Waals surface area contributed by atoms with Crippen molar-refractivity contribution < 1.29 is 13.3 Å². The number of primary sulfonamides is 1. The molecule has 1 fully saturated rings. The van der Waals surface area contributed by atoms with Crippen molar-refractivity contribution in [1.82, 2.24) is 10.0 Å². The predicted molar refractivity (Wildman–Crippen MR) is 123 cm³/mol. The molecule has 0 bridgehead atoms. The highest BCUT2D eigenvalue weighted by atomic mass is 35.5. The van der Waals surface area contributed by atoms with Gasteiger partial charge in [0.15, 0.2) is 0 Å². The van der Waals surface area contributed by atoms with Gasteiger partial charge in [-0.25, -0.2) is 18.5 Å². The number of aromatic nitrogens is 1. The van der Waals surface area contributed by atoms with Gasteiger partial charge in [-0.05, 0) is 60.2 Å². The molecule has 0 aliphatic heterocycles. The number of hydroxylamine groups is 2. The molecule has 1 heterocycles. The number of pyridine rings is 1. The highest BCUT2D eigenvalue weighted by molar-refractivity contribution is 7.89. The molecule has 2 aromatic carbocycles. The Kier molecular flexibility index (Phi) is 6.69. The molecule has 1 aliphatic rings. The van der Waals surface area contributed by atoms with Crippen molar-refractivity contribution in [3.63, 3.8) is 0 Å². The number of nitrogens with two attached hydrogens (primary N) is 1. The second-order valence-electron chi connectivity index (χ2n) is 7.75. The molecule has 164 valence electrons. The molecule has 31 heavy (non-hydrogen) atoms. The van der Waals surface area contributed by atoms with Crippen molar-refractivity contribution in [2.24, 2.45) is 5.14 Å². The number of hydrogen-bond donors (Lipinski definition) is 1. The van der Waals surface area contributed by atoms with Crippen molar-refractivity contribution in [3.05, 3.63) is 64.4 Å². The number of sulfonamides is 1. The van der Waals surface area contributed by atoms with Crippen LogP contribution in [0.3, 0.4) is 0 Å². The minimum absolute atomic E-state index is 0.0805. The zero-order valence-electron chi connectivity index (χ0n) is 16.8. The molecule has 0 radical (unpaired) electrons. The van der Waals surface area contributed by atoms with E-state index >= 15 is 0 Å². The van der Waals surface area contributed by atoms with Crippen LogP contribution in [0.4, 0.5) is 0 Å². The molecular weight excluding hydrogens is 457 g/mol. The van der Waals surface area contributed by atoms with Crippen LogP contribution in [0, 0.1) is 0 Å². The van der Waals surface area contributed by atoms with E-state index in [1.54, 1.807) is 18.3 Å². The van der Waals surface area contributed by atoms with E-state index in [0.717, 1.165) is 42.0 Å². The van der Waals surface area contributed by atoms with Gasteiger partial charge in [0.2, 0.25) is 10.0 Å². The van der Waals surface area contributed by atoms with E-state index in [1.807, 2.05) is 29.3 Å². The molecular formula is C22H23Cl2N3O3S. The summed E-state index contributed by atoms with van der Waals surface area (Å²) in [5.41, 5.74) is 0.757. The molecule has 0 amide bonds. The summed E-state index contributed by atoms with van der Waals surface area (Å²) in [7, 11) is -3.91. The van der Waals surface area contributed by atoms with E-state index in [-0.39, 0.29) is 16.0 Å². The van der Waals surface area contributed by atoms with E-state index in [2.05, 4.69) is 4.98 Å². The minimum atomic E-state index is -3.91. The van der Waals surface area contributed by atoms with Gasteiger partial charge in [0.05, 0.1) is 11.6 Å². The van der Waals surface area contributed by atoms with Crippen molar-refractivity contribution in [1.29, 1.82) is 0 Å². The van der Waals surface area contributed by atoms with Crippen LogP contribution in [0.2, 0.25) is 10.2 Å². The van der Waals surface area contributed by atoms with Crippen LogP contribution in [-0.4, -0.2) is 24.5 Å². The topological polar surface area (TPSA) is 85.5 Å². The van der Waals surface area contributed by atoms with Crippen LogP contribution in [0.25, 0.3) is 10.8 Å². The molecule has 1 aromatic heterocycles. The van der Waals surface area contributed by atoms with Crippen LogP contribution >= 0.6 is 23.2 Å². The highest BCUT2D eigenvalue weighted by Crippen LogP contribution is 2.30. The largest absolute Gasteiger partial charge is 0.405 e. The van der Waals surface area contributed by atoms with Crippen LogP contribution < -0.4 is 9.98 Å². The zero-order valence-corrected chi connectivity index (χ0v) is 19.1. The molecule has 0 atom stereocenters. The maximum absolute atomic E-state index is 11.9. The van der Waals surface area contributed by atoms with Crippen molar-refractivity contribution in [2.75, 3.05) is 0 Å². The summed E-state index contributed by atoms with van der Waals surface area (Å²) >= 11 is 12.2. The van der Waals surface area contributed by atoms with Crippen molar-refractivity contribution in [2.45, 2.75) is 49.6 Å². The summed E-state index contributed by atoms with van der Waals surface area (Å²) in [4.78, 5) is 10.3. The molecule has 9 heteroatoms. The summed E-state index contributed by atoms with van der Waals surface area (Å²) in [5.74, 6) is 0.681. The van der Waals surface area contributed by atoms with Gasteiger partial charge >= 0.3 is 0 Å². The lowest BCUT2D eigenvalue weighted by molar-refractivity contribution is -0.113. The number of nitrogens with zero attached hydrogens (tertiary/aromatic N) is 2. The number of fused-ring (bicyclic) bond motifs is 1. The molecule has 0 unspecified atom stereocenters. The number of hydrogen-bond acceptors (Lipinski definition) is 5. The predicted octanol–water partition coefficient (Wildman–Crippen LogP) is 5.32. The summed E-state index contributed by atoms with van der Waals surface area (Å²) in [6.45, 7) is 0.402. The minimum Gasteiger partial charge on any atom is -0.405 e. The van der Waals surface area contributed by atoms with Crippen LogP contribution in [0.15, 0.2) is 53.6 Å². The average molecular weight is 480 g/mol. The Bertz CT molecular complexity index is 1200. The van der Waals surface area contributed by atoms with Gasteiger partial charge in [-0.2, -0.15) is 0 Å². The second kappa shape index (κ2) is 9.30. The number of benzene rings is 2. The molecule has 0 spiro atoms. The molecule has 4 rings (SSSR count). The number of halogens is 2. The monoisotopic (exact) mass is 479 g/mol. The maximum atomic E-state index is 11.9. The van der Waals surface area contributed by atoms with Crippen LogP contribution in [0.1, 0.15) is 37.7 Å². The maximum Gasteiger partial charge on any atom is 0.239 e. The van der Waals surface area contributed by atoms with E-state index in [4.69, 9.17) is 33.2 Å². The Labute approximate surface area is 191 Å². The van der Waals surface area contributed by atoms with E-state index in [9.17, 15) is 8.42 Å². The summed E-state index contributed by atoms with van der Waals surface area (Å²) in [6.07, 6.45) is 7.16. The molecule has 6 nitrogen and oxygen atoms in total. The third-order valence-corrected chi connectivity index (χ3v) is 7.23. The fourth-order valence-corrected chi connectivity index (χ4v) is 5.28. The Morgan fingerprint density at radius 1 is 1.06 bits per heavy atom. The lowest BCUT2D eigenvalue weighted by Gasteiger charge is -2.33. The Morgan fingerprint density at radius 3 is 2.58 bits per heavy atom. The third-order valence-electron chi connectivity index (χ3n) is 5.53. The van der Waals surface area contributed by atoms with E-state index in [0.29, 0.717) is 17.4 Å². The fraction of sp³-hybridized carbons (Fsp3) is 0.318. The van der Waals surface area contributed by atoms with Gasteiger partial charge in [-0.15, -0.1) is 5.06 Å². The van der Waals surface area contributed by atoms with Gasteiger partial charge in [-0.1, -0.05) is 48.5 Å². The summed E-state index contributed by atoms with van der Waals surface area (Å²) in [6, 6.07) is 12.7. The third kappa shape index (κ3) is 5.30. The van der Waals surface area contributed by atoms with Gasteiger partial charge in [0, 0.05) is 17.6 Å². The van der Waals surface area contributed by atoms with Crippen molar-refractivity contribution >= 4 is 44.0 Å². The quantitative estimate of drug-likeness (QED) is 0.381.